The Labute approximate surface area is 245 Å². The standard InChI is InChI=1S/C27H21N7O6S2/c1-4-13-38-26-22(39-20-8-6-5-7-19(20)37-3)25(34-42(35,36)21-10-9-16(2)15-29-21)30-23(31-26)17-11-12-28-18(14-17)24-32-27(41)40-33-24/h1,5-12,14-15H,13H2,2-3H3,(H,30,31,34)(H,32,33,41). The number of aromatic nitrogens is 6. The van der Waals surface area contributed by atoms with Crippen molar-refractivity contribution in [2.75, 3.05) is 18.4 Å². The van der Waals surface area contributed by atoms with Crippen molar-refractivity contribution in [2.45, 2.75) is 11.9 Å². The highest BCUT2D eigenvalue weighted by Gasteiger charge is 2.26. The number of benzene rings is 1. The topological polar surface area (TPSA) is 167 Å². The smallest absolute Gasteiger partial charge is 0.314 e. The number of rotatable bonds is 10. The number of hydrogen-bond acceptors (Lipinski definition) is 12. The van der Waals surface area contributed by atoms with E-state index in [1.807, 2.05) is 0 Å². The predicted molar refractivity (Wildman–Crippen MR) is 153 cm³/mol. The van der Waals surface area contributed by atoms with Gasteiger partial charge in [-0.1, -0.05) is 24.1 Å². The second-order valence-electron chi connectivity index (χ2n) is 8.42. The van der Waals surface area contributed by atoms with E-state index in [0.717, 1.165) is 5.56 Å². The third-order valence-corrected chi connectivity index (χ3v) is 6.93. The molecule has 1 aromatic carbocycles. The van der Waals surface area contributed by atoms with Crippen LogP contribution in [0.4, 0.5) is 5.82 Å². The Hall–Kier alpha value is -5.33. The van der Waals surface area contributed by atoms with E-state index >= 15 is 0 Å². The number of para-hydroxylation sites is 2. The first-order valence-corrected chi connectivity index (χ1v) is 13.9. The molecule has 0 fully saturated rings. The lowest BCUT2D eigenvalue weighted by atomic mass is 10.2. The first kappa shape index (κ1) is 28.2. The molecule has 0 amide bonds. The minimum Gasteiger partial charge on any atom is -0.493 e. The van der Waals surface area contributed by atoms with Crippen molar-refractivity contribution in [3.8, 4) is 58.4 Å². The van der Waals surface area contributed by atoms with Crippen molar-refractivity contribution in [1.82, 2.24) is 30.1 Å². The van der Waals surface area contributed by atoms with Crippen LogP contribution in [0.25, 0.3) is 22.9 Å². The fourth-order valence-corrected chi connectivity index (χ4v) is 4.64. The Kier molecular flexibility index (Phi) is 8.09. The summed E-state index contributed by atoms with van der Waals surface area (Å²) in [5.74, 6) is 2.74. The number of hydrogen-bond donors (Lipinski definition) is 2. The summed E-state index contributed by atoms with van der Waals surface area (Å²) in [5, 5.41) is 2.34. The van der Waals surface area contributed by atoms with E-state index in [1.54, 1.807) is 49.4 Å². The molecular formula is C27H21N7O6S2. The molecule has 0 bridgehead atoms. The van der Waals surface area contributed by atoms with Crippen molar-refractivity contribution in [3.05, 3.63) is 71.3 Å². The van der Waals surface area contributed by atoms with E-state index < -0.39 is 10.0 Å². The Morgan fingerprint density at radius 2 is 1.90 bits per heavy atom. The number of anilines is 1. The quantitative estimate of drug-likeness (QED) is 0.169. The molecule has 0 radical (unpaired) electrons. The highest BCUT2D eigenvalue weighted by molar-refractivity contribution is 7.92. The van der Waals surface area contributed by atoms with Crippen molar-refractivity contribution in [3.63, 3.8) is 0 Å². The minimum absolute atomic E-state index is 0.00215. The van der Waals surface area contributed by atoms with Gasteiger partial charge >= 0.3 is 4.84 Å². The molecule has 212 valence electrons. The van der Waals surface area contributed by atoms with Gasteiger partial charge in [-0.3, -0.25) is 9.71 Å². The number of nitrogens with zero attached hydrogens (tertiary/aromatic N) is 5. The van der Waals surface area contributed by atoms with Crippen molar-refractivity contribution in [1.29, 1.82) is 0 Å². The van der Waals surface area contributed by atoms with Crippen molar-refractivity contribution >= 4 is 28.1 Å². The first-order valence-electron chi connectivity index (χ1n) is 12.0. The summed E-state index contributed by atoms with van der Waals surface area (Å²) in [6.45, 7) is 1.58. The van der Waals surface area contributed by atoms with Crippen LogP contribution in [0.1, 0.15) is 5.56 Å². The number of methoxy groups -OCH3 is 1. The van der Waals surface area contributed by atoms with Gasteiger partial charge in [0.25, 0.3) is 15.9 Å². The van der Waals surface area contributed by atoms with Gasteiger partial charge in [0.1, 0.15) is 5.69 Å². The lowest BCUT2D eigenvalue weighted by molar-refractivity contribution is 0.325. The highest BCUT2D eigenvalue weighted by Crippen LogP contribution is 2.41. The second-order valence-corrected chi connectivity index (χ2v) is 10.4. The molecule has 0 spiro atoms. The zero-order valence-corrected chi connectivity index (χ0v) is 23.7. The molecule has 4 heterocycles. The average molecular weight is 604 g/mol. The molecule has 2 N–H and O–H groups in total. The van der Waals surface area contributed by atoms with Crippen molar-refractivity contribution < 1.29 is 27.2 Å². The van der Waals surface area contributed by atoms with Gasteiger partial charge in [0.05, 0.1) is 7.11 Å². The third kappa shape index (κ3) is 6.19. The van der Waals surface area contributed by atoms with Crippen LogP contribution in [0.5, 0.6) is 23.1 Å². The molecular weight excluding hydrogens is 582 g/mol. The number of H-pyrrole nitrogens is 1. The molecule has 0 aliphatic heterocycles. The van der Waals surface area contributed by atoms with Gasteiger partial charge in [-0.05, 0) is 55.0 Å². The summed E-state index contributed by atoms with van der Waals surface area (Å²) < 4.78 is 51.5. The maximum absolute atomic E-state index is 13.4. The first-order chi connectivity index (χ1) is 20.3. The number of ether oxygens (including phenoxy) is 3. The molecule has 0 aliphatic carbocycles. The van der Waals surface area contributed by atoms with E-state index in [1.165, 1.54) is 25.6 Å². The Morgan fingerprint density at radius 1 is 1.10 bits per heavy atom. The molecule has 13 nitrogen and oxygen atoms in total. The molecule has 0 atom stereocenters. The van der Waals surface area contributed by atoms with Crippen LogP contribution in [0.3, 0.4) is 0 Å². The lowest BCUT2D eigenvalue weighted by Gasteiger charge is -2.17. The summed E-state index contributed by atoms with van der Waals surface area (Å²) in [6.07, 6.45) is 8.37. The molecule has 0 aliphatic rings. The zero-order valence-electron chi connectivity index (χ0n) is 22.1. The number of sulfonamides is 1. The zero-order chi connectivity index (χ0) is 29.7. The van der Waals surface area contributed by atoms with E-state index in [0.29, 0.717) is 17.0 Å². The van der Waals surface area contributed by atoms with Crippen LogP contribution in [0.2, 0.25) is 0 Å². The predicted octanol–water partition coefficient (Wildman–Crippen LogP) is 4.57. The minimum atomic E-state index is -4.25. The van der Waals surface area contributed by atoms with Crippen LogP contribution in [-0.2, 0) is 10.0 Å². The van der Waals surface area contributed by atoms with Gasteiger partial charge in [-0.25, -0.2) is 9.97 Å². The summed E-state index contributed by atoms with van der Waals surface area (Å²) in [6, 6.07) is 12.9. The van der Waals surface area contributed by atoms with Gasteiger partial charge in [0.15, 0.2) is 40.6 Å². The fraction of sp³-hybridized carbons (Fsp3) is 0.111. The lowest BCUT2D eigenvalue weighted by Crippen LogP contribution is -2.17. The molecule has 42 heavy (non-hydrogen) atoms. The van der Waals surface area contributed by atoms with Crippen LogP contribution < -0.4 is 18.9 Å². The average Bonchev–Trinajstić information content (AvgIpc) is 3.43. The van der Waals surface area contributed by atoms with Gasteiger partial charge in [0.2, 0.25) is 5.75 Å². The van der Waals surface area contributed by atoms with E-state index in [2.05, 4.69) is 40.7 Å². The van der Waals surface area contributed by atoms with E-state index in [-0.39, 0.29) is 51.3 Å². The number of nitrogens with one attached hydrogen (secondary N) is 2. The van der Waals surface area contributed by atoms with Crippen LogP contribution in [-0.4, -0.2) is 52.2 Å². The normalized spacial score (nSPS) is 11.0. The number of terminal acetylenes is 1. The highest BCUT2D eigenvalue weighted by atomic mass is 32.2. The van der Waals surface area contributed by atoms with Crippen LogP contribution in [0.15, 0.2) is 70.5 Å². The Morgan fingerprint density at radius 3 is 2.60 bits per heavy atom. The molecule has 5 aromatic rings. The summed E-state index contributed by atoms with van der Waals surface area (Å²) in [4.78, 5) is 21.4. The number of aromatic amines is 1. The van der Waals surface area contributed by atoms with Gasteiger partial charge in [-0.15, -0.1) is 6.42 Å². The fourth-order valence-electron chi connectivity index (χ4n) is 3.57. The summed E-state index contributed by atoms with van der Waals surface area (Å²) in [7, 11) is -2.79. The van der Waals surface area contributed by atoms with Crippen molar-refractivity contribution in [2.24, 2.45) is 0 Å². The largest absolute Gasteiger partial charge is 0.493 e. The summed E-state index contributed by atoms with van der Waals surface area (Å²) in [5.41, 5.74) is 1.57. The molecule has 15 heteroatoms. The van der Waals surface area contributed by atoms with Crippen LogP contribution in [0, 0.1) is 24.1 Å². The third-order valence-electron chi connectivity index (χ3n) is 5.50. The Balaban J connectivity index is 1.68. The SMILES string of the molecule is C#CCOc1nc(-c2ccnc(-c3nc(=S)o[nH]3)c2)nc(NS(=O)(=O)c2ccc(C)cn2)c1Oc1ccccc1OC. The summed E-state index contributed by atoms with van der Waals surface area (Å²) >= 11 is 4.93. The van der Waals surface area contributed by atoms with Crippen LogP contribution >= 0.6 is 12.2 Å². The molecule has 0 saturated carbocycles. The number of aryl methyl sites for hydroxylation is 1. The molecule has 5 rings (SSSR count). The monoisotopic (exact) mass is 603 g/mol. The maximum Gasteiger partial charge on any atom is 0.314 e. The molecule has 0 unspecified atom stereocenters. The molecule has 0 saturated heterocycles. The van der Waals surface area contributed by atoms with Gasteiger partial charge < -0.3 is 18.7 Å². The number of pyridine rings is 2. The van der Waals surface area contributed by atoms with Gasteiger partial charge in [0, 0.05) is 18.0 Å². The molecule has 4 aromatic heterocycles. The van der Waals surface area contributed by atoms with E-state index in [9.17, 15) is 8.42 Å². The second kappa shape index (κ2) is 12.0. The maximum atomic E-state index is 13.4. The van der Waals surface area contributed by atoms with E-state index in [4.69, 9.17) is 37.4 Å². The Bertz CT molecular complexity index is 1950. The van der Waals surface area contributed by atoms with Gasteiger partial charge in [-0.2, -0.15) is 23.5 Å².